The summed E-state index contributed by atoms with van der Waals surface area (Å²) in [7, 11) is 0. The molecule has 1 heterocycles. The monoisotopic (exact) mass is 405 g/mol. The number of rotatable bonds is 2. The zero-order valence-electron chi connectivity index (χ0n) is 17.7. The molecular weight excluding hydrogens is 382 g/mol. The summed E-state index contributed by atoms with van der Waals surface area (Å²) < 4.78 is 0. The van der Waals surface area contributed by atoms with Crippen LogP contribution >= 0.6 is 0 Å². The van der Waals surface area contributed by atoms with Crippen LogP contribution < -0.4 is 0 Å². The van der Waals surface area contributed by atoms with Crippen LogP contribution in [-0.4, -0.2) is 15.8 Å². The van der Waals surface area contributed by atoms with E-state index in [0.717, 1.165) is 40.9 Å². The largest absolute Gasteiger partial charge is 0.293 e. The van der Waals surface area contributed by atoms with Gasteiger partial charge in [-0.3, -0.25) is 4.79 Å². The van der Waals surface area contributed by atoms with Crippen LogP contribution in [0.1, 0.15) is 36.0 Å². The number of ketones is 1. The topological polar surface area (TPSA) is 66.6 Å². The molecule has 0 spiro atoms. The second kappa shape index (κ2) is 7.28. The molecule has 0 N–H and O–H groups in total. The summed E-state index contributed by atoms with van der Waals surface area (Å²) in [5.41, 5.74) is 4.76. The Morgan fingerprint density at radius 3 is 2.39 bits per heavy atom. The third-order valence-electron chi connectivity index (χ3n) is 6.87. The molecule has 1 aromatic heterocycles. The Hall–Kier alpha value is -3.58. The maximum Gasteiger partial charge on any atom is 0.176 e. The lowest BCUT2D eigenvalue weighted by atomic mass is 9.54. The normalized spacial score (nSPS) is 24.5. The third-order valence-corrected chi connectivity index (χ3v) is 6.87. The van der Waals surface area contributed by atoms with Gasteiger partial charge in [0.15, 0.2) is 5.78 Å². The minimum atomic E-state index is -0.621. The summed E-state index contributed by atoms with van der Waals surface area (Å²) in [6.45, 7) is 3.88. The van der Waals surface area contributed by atoms with E-state index in [1.165, 1.54) is 0 Å². The molecule has 4 heteroatoms. The average Bonchev–Trinajstić information content (AvgIpc) is 2.81. The Morgan fingerprint density at radius 1 is 1.03 bits per heavy atom. The molecule has 0 saturated heterocycles. The second-order valence-electron chi connectivity index (χ2n) is 8.52. The van der Waals surface area contributed by atoms with Crippen molar-refractivity contribution in [2.75, 3.05) is 0 Å². The van der Waals surface area contributed by atoms with Crippen molar-refractivity contribution < 1.29 is 4.79 Å². The van der Waals surface area contributed by atoms with Gasteiger partial charge in [0.05, 0.1) is 22.4 Å². The van der Waals surface area contributed by atoms with E-state index in [1.807, 2.05) is 56.3 Å². The predicted octanol–water partition coefficient (Wildman–Crippen LogP) is 4.97. The van der Waals surface area contributed by atoms with Gasteiger partial charge in [-0.15, -0.1) is 0 Å². The number of aryl methyl sites for hydroxylation is 1. The van der Waals surface area contributed by atoms with E-state index >= 15 is 0 Å². The number of nitrogens with zero attached hydrogens (tertiary/aromatic N) is 3. The zero-order chi connectivity index (χ0) is 21.6. The number of carbonyl (C=O) groups excluding carboxylic acids is 1. The number of benzene rings is 2. The van der Waals surface area contributed by atoms with Gasteiger partial charge in [0.2, 0.25) is 0 Å². The molecule has 3 aromatic rings. The highest BCUT2D eigenvalue weighted by Crippen LogP contribution is 2.54. The van der Waals surface area contributed by atoms with E-state index in [0.29, 0.717) is 5.82 Å². The summed E-state index contributed by atoms with van der Waals surface area (Å²) in [6, 6.07) is 22.6. The lowest BCUT2D eigenvalue weighted by Crippen LogP contribution is -2.48. The van der Waals surface area contributed by atoms with Crippen molar-refractivity contribution in [1.82, 2.24) is 9.97 Å². The van der Waals surface area contributed by atoms with Crippen LogP contribution in [0.5, 0.6) is 0 Å². The van der Waals surface area contributed by atoms with Crippen LogP contribution in [0.25, 0.3) is 11.3 Å². The predicted molar refractivity (Wildman–Crippen MR) is 119 cm³/mol. The smallest absolute Gasteiger partial charge is 0.176 e. The van der Waals surface area contributed by atoms with Gasteiger partial charge in [-0.2, -0.15) is 5.26 Å². The number of hydrogen-bond donors (Lipinski definition) is 0. The van der Waals surface area contributed by atoms with Crippen molar-refractivity contribution >= 4 is 5.78 Å². The molecule has 0 radical (unpaired) electrons. The number of carbonyl (C=O) groups is 1. The van der Waals surface area contributed by atoms with Crippen molar-refractivity contribution in [3.05, 3.63) is 95.0 Å². The Kier molecular flexibility index (Phi) is 4.55. The van der Waals surface area contributed by atoms with E-state index in [1.54, 1.807) is 0 Å². The van der Waals surface area contributed by atoms with E-state index in [9.17, 15) is 10.1 Å². The molecule has 5 rings (SSSR count). The summed E-state index contributed by atoms with van der Waals surface area (Å²) in [5, 5.41) is 9.79. The summed E-state index contributed by atoms with van der Waals surface area (Å²) in [6.07, 6.45) is 3.55. The van der Waals surface area contributed by atoms with Gasteiger partial charge in [-0.1, -0.05) is 67.6 Å². The van der Waals surface area contributed by atoms with Crippen molar-refractivity contribution in [3.63, 3.8) is 0 Å². The summed E-state index contributed by atoms with van der Waals surface area (Å²) >= 11 is 0. The minimum absolute atomic E-state index is 0.0462. The van der Waals surface area contributed by atoms with Gasteiger partial charge in [-0.05, 0) is 37.3 Å². The fourth-order valence-electron chi connectivity index (χ4n) is 5.49. The molecule has 3 atom stereocenters. The highest BCUT2D eigenvalue weighted by atomic mass is 16.1. The van der Waals surface area contributed by atoms with Crippen LogP contribution in [0.4, 0.5) is 0 Å². The van der Waals surface area contributed by atoms with Gasteiger partial charge in [-0.25, -0.2) is 9.97 Å². The molecule has 31 heavy (non-hydrogen) atoms. The molecule has 2 aromatic carbocycles. The molecule has 0 bridgehead atoms. The molecule has 2 aliphatic rings. The van der Waals surface area contributed by atoms with Gasteiger partial charge in [0.1, 0.15) is 11.9 Å². The first kappa shape index (κ1) is 19.4. The number of Topliss-reactive ketones (excluding diaryl/α,β-unsaturated/α-hetero) is 1. The van der Waals surface area contributed by atoms with E-state index in [4.69, 9.17) is 9.97 Å². The van der Waals surface area contributed by atoms with E-state index in [2.05, 4.69) is 30.3 Å². The van der Waals surface area contributed by atoms with Crippen molar-refractivity contribution in [1.29, 1.82) is 5.26 Å². The van der Waals surface area contributed by atoms with Crippen molar-refractivity contribution in [2.45, 2.75) is 32.1 Å². The molecule has 152 valence electrons. The first-order valence-corrected chi connectivity index (χ1v) is 10.7. The molecule has 2 aliphatic carbocycles. The average molecular weight is 406 g/mol. The van der Waals surface area contributed by atoms with Crippen LogP contribution in [0.15, 0.2) is 72.3 Å². The van der Waals surface area contributed by atoms with E-state index in [-0.39, 0.29) is 23.2 Å². The Balaban J connectivity index is 1.88. The quantitative estimate of drug-likeness (QED) is 0.604. The SMILES string of the molecule is Cc1nc(-c2ccccc2)c2c(n1)[C@@]1(c3ccccc3)C=C(C#N)C(=O)[C@@H](C)[C@@H]1CC2. The van der Waals surface area contributed by atoms with Crippen LogP contribution in [-0.2, 0) is 16.6 Å². The van der Waals surface area contributed by atoms with Gasteiger partial charge in [0, 0.05) is 17.0 Å². The lowest BCUT2D eigenvalue weighted by Gasteiger charge is -2.48. The fraction of sp³-hybridized carbons (Fsp3) is 0.259. The van der Waals surface area contributed by atoms with Crippen LogP contribution in [0, 0.1) is 30.1 Å². The van der Waals surface area contributed by atoms with E-state index < -0.39 is 5.41 Å². The summed E-state index contributed by atoms with van der Waals surface area (Å²) in [4.78, 5) is 22.7. The van der Waals surface area contributed by atoms with Gasteiger partial charge >= 0.3 is 0 Å². The second-order valence-corrected chi connectivity index (χ2v) is 8.52. The Morgan fingerprint density at radius 2 is 1.71 bits per heavy atom. The highest BCUT2D eigenvalue weighted by molar-refractivity contribution is 6.02. The first-order chi connectivity index (χ1) is 15.1. The third kappa shape index (κ3) is 2.84. The molecule has 0 unspecified atom stereocenters. The summed E-state index contributed by atoms with van der Waals surface area (Å²) in [5.74, 6) is 0.440. The van der Waals surface area contributed by atoms with Crippen molar-refractivity contribution in [3.8, 4) is 17.3 Å². The number of aromatic nitrogens is 2. The maximum atomic E-state index is 12.9. The molecule has 0 fully saturated rings. The molecular formula is C27H23N3O. The zero-order valence-corrected chi connectivity index (χ0v) is 17.7. The minimum Gasteiger partial charge on any atom is -0.293 e. The first-order valence-electron chi connectivity index (χ1n) is 10.7. The highest BCUT2D eigenvalue weighted by Gasteiger charge is 2.53. The standard InChI is InChI=1S/C27H23N3O/c1-17-23-14-13-22-24(19-9-5-3-6-10-19)29-18(2)30-26(22)27(23,15-20(16-28)25(17)31)21-11-7-4-8-12-21/h3-12,15,17,23H,13-14H2,1-2H3/t17-,23-,27+/m0/s1. The van der Waals surface area contributed by atoms with Crippen molar-refractivity contribution in [2.24, 2.45) is 11.8 Å². The van der Waals surface area contributed by atoms with Gasteiger partial charge in [0.25, 0.3) is 0 Å². The van der Waals surface area contributed by atoms with Gasteiger partial charge < -0.3 is 0 Å². The maximum absolute atomic E-state index is 12.9. The number of fused-ring (bicyclic) bond motifs is 3. The Bertz CT molecular complexity index is 1240. The number of nitriles is 1. The fourth-order valence-corrected chi connectivity index (χ4v) is 5.49. The molecule has 0 saturated carbocycles. The molecule has 0 amide bonds. The lowest BCUT2D eigenvalue weighted by molar-refractivity contribution is -0.121. The molecule has 4 nitrogen and oxygen atoms in total. The Labute approximate surface area is 182 Å². The number of allylic oxidation sites excluding steroid dienone is 2. The molecule has 0 aliphatic heterocycles. The number of hydrogen-bond acceptors (Lipinski definition) is 4. The van der Waals surface area contributed by atoms with Crippen LogP contribution in [0.2, 0.25) is 0 Å². The van der Waals surface area contributed by atoms with Crippen LogP contribution in [0.3, 0.4) is 0 Å².